The summed E-state index contributed by atoms with van der Waals surface area (Å²) in [6.07, 6.45) is -0.173. The molecule has 2 aliphatic rings. The molecule has 188 valence electrons. The van der Waals surface area contributed by atoms with Gasteiger partial charge in [0, 0.05) is 61.6 Å². The summed E-state index contributed by atoms with van der Waals surface area (Å²) in [7, 11) is 1.68. The average Bonchev–Trinajstić information content (AvgIpc) is 3.12. The van der Waals surface area contributed by atoms with Crippen LogP contribution in [0.15, 0.2) is 72.8 Å². The Morgan fingerprint density at radius 3 is 2.56 bits per heavy atom. The summed E-state index contributed by atoms with van der Waals surface area (Å²) >= 11 is 0. The Morgan fingerprint density at radius 1 is 1.00 bits per heavy atom. The SMILES string of the molecule is COc1ccccc1[C@H]1CN(CCNC(=O)c2ccc(N3CCOCC3)cc2)Cc2ccccc2O1. The van der Waals surface area contributed by atoms with Crippen LogP contribution in [0.1, 0.15) is 27.6 Å². The summed E-state index contributed by atoms with van der Waals surface area (Å²) in [4.78, 5) is 17.4. The summed E-state index contributed by atoms with van der Waals surface area (Å²) in [5.74, 6) is 1.65. The first-order valence-electron chi connectivity index (χ1n) is 12.5. The molecule has 0 bridgehead atoms. The van der Waals surface area contributed by atoms with Crippen molar-refractivity contribution in [3.05, 3.63) is 89.5 Å². The predicted molar refractivity (Wildman–Crippen MR) is 140 cm³/mol. The lowest BCUT2D eigenvalue weighted by atomic mass is 10.1. The minimum Gasteiger partial charge on any atom is -0.496 e. The predicted octanol–water partition coefficient (Wildman–Crippen LogP) is 3.90. The molecule has 7 heteroatoms. The Labute approximate surface area is 212 Å². The van der Waals surface area contributed by atoms with Gasteiger partial charge in [-0.05, 0) is 36.4 Å². The van der Waals surface area contributed by atoms with Gasteiger partial charge in [-0.2, -0.15) is 0 Å². The molecule has 0 unspecified atom stereocenters. The second-order valence-corrected chi connectivity index (χ2v) is 9.09. The van der Waals surface area contributed by atoms with Crippen LogP contribution in [0.3, 0.4) is 0 Å². The third kappa shape index (κ3) is 5.64. The molecule has 5 rings (SSSR count). The van der Waals surface area contributed by atoms with E-state index in [4.69, 9.17) is 14.2 Å². The van der Waals surface area contributed by atoms with Gasteiger partial charge < -0.3 is 24.4 Å². The number of nitrogens with one attached hydrogen (secondary N) is 1. The van der Waals surface area contributed by atoms with Gasteiger partial charge in [0.05, 0.1) is 20.3 Å². The maximum atomic E-state index is 12.8. The number of carbonyl (C=O) groups is 1. The molecule has 1 N–H and O–H groups in total. The quantitative estimate of drug-likeness (QED) is 0.546. The number of para-hydroxylation sites is 2. The van der Waals surface area contributed by atoms with E-state index in [1.807, 2.05) is 60.7 Å². The van der Waals surface area contributed by atoms with Gasteiger partial charge in [-0.25, -0.2) is 0 Å². The molecular weight excluding hydrogens is 454 g/mol. The van der Waals surface area contributed by atoms with E-state index < -0.39 is 0 Å². The summed E-state index contributed by atoms with van der Waals surface area (Å²) in [5.41, 5.74) is 3.95. The molecule has 1 amide bonds. The lowest BCUT2D eigenvalue weighted by molar-refractivity contribution is 0.0942. The van der Waals surface area contributed by atoms with E-state index in [0.717, 1.165) is 61.2 Å². The number of hydrogen-bond acceptors (Lipinski definition) is 6. The summed E-state index contributed by atoms with van der Waals surface area (Å²) in [6.45, 7) is 5.95. The normalized spacial score (nSPS) is 18.0. The molecule has 1 saturated heterocycles. The molecule has 1 fully saturated rings. The van der Waals surface area contributed by atoms with Crippen molar-refractivity contribution in [2.24, 2.45) is 0 Å². The summed E-state index contributed by atoms with van der Waals surface area (Å²) in [6, 6.07) is 24.0. The monoisotopic (exact) mass is 487 g/mol. The molecule has 0 spiro atoms. The van der Waals surface area contributed by atoms with Gasteiger partial charge >= 0.3 is 0 Å². The molecule has 1 atom stereocenters. The first-order valence-corrected chi connectivity index (χ1v) is 12.5. The molecule has 7 nitrogen and oxygen atoms in total. The van der Waals surface area contributed by atoms with Crippen molar-refractivity contribution >= 4 is 11.6 Å². The first-order chi connectivity index (χ1) is 17.7. The van der Waals surface area contributed by atoms with E-state index in [-0.39, 0.29) is 12.0 Å². The van der Waals surface area contributed by atoms with Crippen molar-refractivity contribution in [1.82, 2.24) is 10.2 Å². The number of nitrogens with zero attached hydrogens (tertiary/aromatic N) is 2. The molecule has 36 heavy (non-hydrogen) atoms. The highest BCUT2D eigenvalue weighted by Crippen LogP contribution is 2.34. The highest BCUT2D eigenvalue weighted by molar-refractivity contribution is 5.94. The van der Waals surface area contributed by atoms with Crippen LogP contribution in [0.4, 0.5) is 5.69 Å². The molecular formula is C29H33N3O4. The van der Waals surface area contributed by atoms with E-state index in [0.29, 0.717) is 25.2 Å². The van der Waals surface area contributed by atoms with Gasteiger partial charge in [0.25, 0.3) is 5.91 Å². The highest BCUT2D eigenvalue weighted by atomic mass is 16.5. The van der Waals surface area contributed by atoms with E-state index in [9.17, 15) is 4.79 Å². The zero-order valence-electron chi connectivity index (χ0n) is 20.7. The zero-order valence-corrected chi connectivity index (χ0v) is 20.7. The number of anilines is 1. The molecule has 0 aliphatic carbocycles. The van der Waals surface area contributed by atoms with Gasteiger partial charge in [0.15, 0.2) is 0 Å². The van der Waals surface area contributed by atoms with E-state index in [1.165, 1.54) is 0 Å². The second-order valence-electron chi connectivity index (χ2n) is 9.09. The van der Waals surface area contributed by atoms with E-state index in [1.54, 1.807) is 7.11 Å². The highest BCUT2D eigenvalue weighted by Gasteiger charge is 2.26. The van der Waals surface area contributed by atoms with E-state index >= 15 is 0 Å². The molecule has 2 heterocycles. The summed E-state index contributed by atoms with van der Waals surface area (Å²) in [5, 5.41) is 3.09. The fourth-order valence-electron chi connectivity index (χ4n) is 4.82. The lowest BCUT2D eigenvalue weighted by Crippen LogP contribution is -2.37. The number of hydrogen-bond donors (Lipinski definition) is 1. The van der Waals surface area contributed by atoms with Gasteiger partial charge in [0.2, 0.25) is 0 Å². The van der Waals surface area contributed by atoms with Crippen molar-refractivity contribution in [2.75, 3.05) is 57.9 Å². The van der Waals surface area contributed by atoms with Crippen molar-refractivity contribution in [3.63, 3.8) is 0 Å². The Balaban J connectivity index is 1.22. The maximum Gasteiger partial charge on any atom is 0.251 e. The van der Waals surface area contributed by atoms with Crippen LogP contribution in [-0.2, 0) is 11.3 Å². The second kappa shape index (κ2) is 11.5. The van der Waals surface area contributed by atoms with Crippen molar-refractivity contribution in [1.29, 1.82) is 0 Å². The molecule has 0 radical (unpaired) electrons. The number of ether oxygens (including phenoxy) is 3. The third-order valence-corrected chi connectivity index (χ3v) is 6.76. The van der Waals surface area contributed by atoms with Gasteiger partial charge in [-0.15, -0.1) is 0 Å². The number of benzene rings is 3. The lowest BCUT2D eigenvalue weighted by Gasteiger charge is -2.28. The molecule has 2 aliphatic heterocycles. The van der Waals surface area contributed by atoms with Crippen LogP contribution in [0, 0.1) is 0 Å². The van der Waals surface area contributed by atoms with Crippen LogP contribution in [0.5, 0.6) is 11.5 Å². The van der Waals surface area contributed by atoms with E-state index in [2.05, 4.69) is 27.2 Å². The molecule has 0 aromatic heterocycles. The van der Waals surface area contributed by atoms with Crippen LogP contribution in [0.25, 0.3) is 0 Å². The molecule has 3 aromatic rings. The Morgan fingerprint density at radius 2 is 1.75 bits per heavy atom. The van der Waals surface area contributed by atoms with Gasteiger partial charge in [-0.1, -0.05) is 36.4 Å². The number of amides is 1. The molecule has 0 saturated carbocycles. The topological polar surface area (TPSA) is 63.3 Å². The first kappa shape index (κ1) is 24.2. The fraction of sp³-hybridized carbons (Fsp3) is 0.345. The van der Waals surface area contributed by atoms with Crippen LogP contribution in [0.2, 0.25) is 0 Å². The Hall–Kier alpha value is -3.55. The van der Waals surface area contributed by atoms with Crippen molar-refractivity contribution in [2.45, 2.75) is 12.6 Å². The minimum atomic E-state index is -0.173. The fourth-order valence-corrected chi connectivity index (χ4v) is 4.82. The number of morpholine rings is 1. The Kier molecular flexibility index (Phi) is 7.69. The maximum absolute atomic E-state index is 12.8. The van der Waals surface area contributed by atoms with Crippen LogP contribution in [-0.4, -0.2) is 63.9 Å². The van der Waals surface area contributed by atoms with Crippen molar-refractivity contribution < 1.29 is 19.0 Å². The minimum absolute atomic E-state index is 0.0590. The number of carbonyl (C=O) groups excluding carboxylic acids is 1. The zero-order chi connectivity index (χ0) is 24.7. The third-order valence-electron chi connectivity index (χ3n) is 6.76. The standard InChI is InChI=1S/C29H33N3O4/c1-34-27-9-5-3-7-25(27)28-21-31(20-23-6-2-4-8-26(23)36-28)15-14-30-29(33)22-10-12-24(13-11-22)32-16-18-35-19-17-32/h2-13,28H,14-21H2,1H3,(H,30,33)/t28-/m1/s1. The Bertz CT molecular complexity index is 1160. The largest absolute Gasteiger partial charge is 0.496 e. The number of fused-ring (bicyclic) bond motifs is 1. The average molecular weight is 488 g/mol. The molecule has 3 aromatic carbocycles. The van der Waals surface area contributed by atoms with Gasteiger partial charge in [0.1, 0.15) is 17.6 Å². The number of methoxy groups -OCH3 is 1. The smallest absolute Gasteiger partial charge is 0.251 e. The summed E-state index contributed by atoms with van der Waals surface area (Å²) < 4.78 is 17.5. The van der Waals surface area contributed by atoms with Crippen LogP contribution >= 0.6 is 0 Å². The van der Waals surface area contributed by atoms with Crippen LogP contribution < -0.4 is 19.7 Å². The van der Waals surface area contributed by atoms with Gasteiger partial charge in [-0.3, -0.25) is 9.69 Å². The number of rotatable bonds is 7. The van der Waals surface area contributed by atoms with Crippen molar-refractivity contribution in [3.8, 4) is 11.5 Å².